The second-order valence-corrected chi connectivity index (χ2v) is 11.3. The first-order chi connectivity index (χ1) is 19.3. The Kier molecular flexibility index (Phi) is 6.34. The fourth-order valence-corrected chi connectivity index (χ4v) is 6.38. The van der Waals surface area contributed by atoms with Gasteiger partial charge in [-0.1, -0.05) is 98.8 Å². The van der Waals surface area contributed by atoms with Crippen LogP contribution in [0.1, 0.15) is 36.1 Å². The molecule has 1 N–H and O–H groups in total. The zero-order valence-corrected chi connectivity index (χ0v) is 23.4. The van der Waals surface area contributed by atoms with Gasteiger partial charge in [-0.25, -0.2) is 4.79 Å². The molecular weight excluding hydrogens is 492 g/mol. The van der Waals surface area contributed by atoms with Gasteiger partial charge in [-0.3, -0.25) is 4.90 Å². The summed E-state index contributed by atoms with van der Waals surface area (Å²) in [4.78, 5) is 16.2. The highest BCUT2D eigenvalue weighted by molar-refractivity contribution is 5.91. The van der Waals surface area contributed by atoms with Gasteiger partial charge in [0.1, 0.15) is 0 Å². The van der Waals surface area contributed by atoms with Crippen LogP contribution in [-0.4, -0.2) is 17.2 Å². The third kappa shape index (κ3) is 4.21. The molecule has 0 aromatic heterocycles. The number of fused-ring (bicyclic) bond motifs is 2. The Morgan fingerprint density at radius 3 is 1.98 bits per heavy atom. The van der Waals surface area contributed by atoms with Crippen LogP contribution in [0, 0.1) is 19.8 Å². The number of nitrogens with zero attached hydrogens (tertiary/aromatic N) is 2. The van der Waals surface area contributed by atoms with E-state index in [2.05, 4.69) is 130 Å². The number of hydrogen-bond acceptors (Lipinski definition) is 2. The Morgan fingerprint density at radius 1 is 0.800 bits per heavy atom. The minimum atomic E-state index is -0.920. The SMILES string of the molecule is Cc1ccccc1N(c1ccc(C2=CC3C(C=C2)N(C(=O)O)c2ccccc2C3(C)C)cc1)c1ccccc1C. The molecule has 1 aliphatic carbocycles. The van der Waals surface area contributed by atoms with Crippen molar-refractivity contribution >= 4 is 34.4 Å². The van der Waals surface area contributed by atoms with Crippen molar-refractivity contribution in [3.8, 4) is 0 Å². The molecule has 0 radical (unpaired) electrons. The second kappa shape index (κ2) is 9.87. The van der Waals surface area contributed by atoms with E-state index in [0.717, 1.165) is 39.4 Å². The van der Waals surface area contributed by atoms with E-state index < -0.39 is 6.09 Å². The van der Waals surface area contributed by atoms with E-state index >= 15 is 0 Å². The summed E-state index contributed by atoms with van der Waals surface area (Å²) in [5.74, 6) is 0.00797. The van der Waals surface area contributed by atoms with Gasteiger partial charge in [0.25, 0.3) is 0 Å². The number of carbonyl (C=O) groups is 1. The van der Waals surface area contributed by atoms with Gasteiger partial charge < -0.3 is 10.0 Å². The number of para-hydroxylation sites is 3. The summed E-state index contributed by atoms with van der Waals surface area (Å²) in [6, 6.07) is 33.3. The maximum absolute atomic E-state index is 12.4. The van der Waals surface area contributed by atoms with Crippen molar-refractivity contribution < 1.29 is 9.90 Å². The Balaban J connectivity index is 1.39. The van der Waals surface area contributed by atoms with Crippen LogP contribution < -0.4 is 9.80 Å². The molecule has 1 amide bonds. The molecule has 40 heavy (non-hydrogen) atoms. The van der Waals surface area contributed by atoms with Crippen molar-refractivity contribution in [1.82, 2.24) is 0 Å². The van der Waals surface area contributed by atoms with E-state index in [0.29, 0.717) is 0 Å². The van der Waals surface area contributed by atoms with Crippen LogP contribution in [0.4, 0.5) is 27.5 Å². The van der Waals surface area contributed by atoms with Gasteiger partial charge >= 0.3 is 6.09 Å². The highest BCUT2D eigenvalue weighted by Gasteiger charge is 2.47. The number of anilines is 4. The van der Waals surface area contributed by atoms with Gasteiger partial charge in [-0.15, -0.1) is 0 Å². The van der Waals surface area contributed by atoms with E-state index in [-0.39, 0.29) is 17.4 Å². The third-order valence-electron chi connectivity index (χ3n) is 8.57. The van der Waals surface area contributed by atoms with E-state index in [1.165, 1.54) is 16.0 Å². The van der Waals surface area contributed by atoms with Gasteiger partial charge in [0.05, 0.1) is 11.7 Å². The highest BCUT2D eigenvalue weighted by atomic mass is 16.4. The zero-order valence-electron chi connectivity index (χ0n) is 23.4. The number of carboxylic acid groups (broad SMARTS) is 1. The topological polar surface area (TPSA) is 43.8 Å². The Labute approximate surface area is 236 Å². The van der Waals surface area contributed by atoms with Crippen molar-refractivity contribution in [2.75, 3.05) is 9.80 Å². The molecule has 200 valence electrons. The summed E-state index contributed by atoms with van der Waals surface area (Å²) in [5, 5.41) is 10.2. The number of aryl methyl sites for hydroxylation is 2. The van der Waals surface area contributed by atoms with Crippen LogP contribution in [0.15, 0.2) is 115 Å². The van der Waals surface area contributed by atoms with E-state index in [9.17, 15) is 9.90 Å². The maximum atomic E-state index is 12.4. The van der Waals surface area contributed by atoms with Crippen molar-refractivity contribution in [1.29, 1.82) is 0 Å². The molecule has 6 rings (SSSR count). The smallest absolute Gasteiger partial charge is 0.412 e. The second-order valence-electron chi connectivity index (χ2n) is 11.3. The lowest BCUT2D eigenvalue weighted by atomic mass is 9.64. The van der Waals surface area contributed by atoms with E-state index in [1.807, 2.05) is 18.2 Å². The van der Waals surface area contributed by atoms with Crippen molar-refractivity contribution in [3.63, 3.8) is 0 Å². The van der Waals surface area contributed by atoms with Crippen molar-refractivity contribution in [2.45, 2.75) is 39.2 Å². The van der Waals surface area contributed by atoms with Gasteiger partial charge in [0.2, 0.25) is 0 Å². The molecule has 0 spiro atoms. The number of hydrogen-bond donors (Lipinski definition) is 1. The molecule has 1 aliphatic heterocycles. The zero-order chi connectivity index (χ0) is 28.0. The average Bonchev–Trinajstić information content (AvgIpc) is 2.95. The number of amides is 1. The molecule has 4 aromatic carbocycles. The molecule has 2 unspecified atom stereocenters. The molecule has 0 bridgehead atoms. The normalized spacial score (nSPS) is 18.9. The fraction of sp³-hybridized carbons (Fsp3) is 0.194. The minimum absolute atomic E-state index is 0.00797. The van der Waals surface area contributed by atoms with Gasteiger partial charge in [-0.2, -0.15) is 0 Å². The van der Waals surface area contributed by atoms with Crippen LogP contribution in [-0.2, 0) is 5.41 Å². The van der Waals surface area contributed by atoms with Crippen LogP contribution in [0.25, 0.3) is 5.57 Å². The van der Waals surface area contributed by atoms with Crippen molar-refractivity contribution in [3.05, 3.63) is 138 Å². The molecule has 2 atom stereocenters. The predicted molar refractivity (Wildman–Crippen MR) is 165 cm³/mol. The van der Waals surface area contributed by atoms with E-state index in [1.54, 1.807) is 0 Å². The quantitative estimate of drug-likeness (QED) is 0.288. The first kappa shape index (κ1) is 25.7. The van der Waals surface area contributed by atoms with Crippen molar-refractivity contribution in [2.24, 2.45) is 5.92 Å². The summed E-state index contributed by atoms with van der Waals surface area (Å²) in [5.41, 5.74) is 9.66. The fourth-order valence-electron chi connectivity index (χ4n) is 6.38. The molecule has 2 aliphatic rings. The van der Waals surface area contributed by atoms with Crippen LogP contribution in [0.3, 0.4) is 0 Å². The third-order valence-corrected chi connectivity index (χ3v) is 8.57. The molecule has 4 nitrogen and oxygen atoms in total. The lowest BCUT2D eigenvalue weighted by molar-refractivity contribution is 0.193. The number of allylic oxidation sites excluding steroid dienone is 2. The summed E-state index contributed by atoms with van der Waals surface area (Å²) >= 11 is 0. The van der Waals surface area contributed by atoms with Gasteiger partial charge in [0, 0.05) is 28.4 Å². The molecule has 0 saturated carbocycles. The Hall–Kier alpha value is -4.57. The molecular formula is C36H34N2O2. The average molecular weight is 527 g/mol. The lowest BCUT2D eigenvalue weighted by Crippen LogP contribution is -2.53. The Morgan fingerprint density at radius 2 is 1.38 bits per heavy atom. The largest absolute Gasteiger partial charge is 0.465 e. The summed E-state index contributed by atoms with van der Waals surface area (Å²) in [6.07, 6.45) is 5.49. The minimum Gasteiger partial charge on any atom is -0.465 e. The molecule has 0 saturated heterocycles. The first-order valence-corrected chi connectivity index (χ1v) is 13.8. The number of benzene rings is 4. The lowest BCUT2D eigenvalue weighted by Gasteiger charge is -2.49. The van der Waals surface area contributed by atoms with Gasteiger partial charge in [0.15, 0.2) is 0 Å². The van der Waals surface area contributed by atoms with Gasteiger partial charge in [-0.05, 0) is 72.0 Å². The maximum Gasteiger partial charge on any atom is 0.412 e. The molecule has 0 fully saturated rings. The van der Waals surface area contributed by atoms with Crippen LogP contribution in [0.5, 0.6) is 0 Å². The summed E-state index contributed by atoms with van der Waals surface area (Å²) in [6.45, 7) is 8.74. The molecule has 1 heterocycles. The van der Waals surface area contributed by atoms with Crippen LogP contribution >= 0.6 is 0 Å². The highest BCUT2D eigenvalue weighted by Crippen LogP contribution is 2.49. The predicted octanol–water partition coefficient (Wildman–Crippen LogP) is 9.19. The molecule has 4 aromatic rings. The van der Waals surface area contributed by atoms with E-state index in [4.69, 9.17) is 0 Å². The Bertz CT molecular complexity index is 1600. The number of rotatable bonds is 4. The summed E-state index contributed by atoms with van der Waals surface area (Å²) < 4.78 is 0. The standard InChI is InChI=1S/C36H34N2O2/c1-24-11-5-8-14-31(24)37(32-15-9-6-12-25(32)2)28-20-17-26(18-21-28)27-19-22-34-30(23-27)36(3,4)29-13-7-10-16-33(29)38(34)35(39)40/h5-23,30,34H,1-4H3,(H,39,40). The monoisotopic (exact) mass is 526 g/mol. The molecule has 4 heteroatoms. The van der Waals surface area contributed by atoms with Crippen LogP contribution in [0.2, 0.25) is 0 Å². The first-order valence-electron chi connectivity index (χ1n) is 13.8. The summed E-state index contributed by atoms with van der Waals surface area (Å²) in [7, 11) is 0.